The van der Waals surface area contributed by atoms with Crippen molar-refractivity contribution < 1.29 is 14.4 Å². The molecule has 0 bridgehead atoms. The van der Waals surface area contributed by atoms with Gasteiger partial charge in [0.1, 0.15) is 0 Å². The van der Waals surface area contributed by atoms with Gasteiger partial charge in [0, 0.05) is 12.8 Å². The minimum Gasteiger partial charge on any atom is -0.311 e. The highest BCUT2D eigenvalue weighted by Crippen LogP contribution is 2.19. The van der Waals surface area contributed by atoms with Gasteiger partial charge in [-0.25, -0.2) is 0 Å². The van der Waals surface area contributed by atoms with Gasteiger partial charge >= 0.3 is 0 Å². The number of amides is 2. The van der Waals surface area contributed by atoms with Gasteiger partial charge in [-0.2, -0.15) is 0 Å². The Morgan fingerprint density at radius 2 is 1.81 bits per heavy atom. The number of allylic oxidation sites excluding steroid dienone is 1. The Morgan fingerprint density at radius 3 is 2.43 bits per heavy atom. The van der Waals surface area contributed by atoms with Crippen LogP contribution >= 0.6 is 0 Å². The molecular weight excluding hydrogens is 268 g/mol. The van der Waals surface area contributed by atoms with Gasteiger partial charge in [0.15, 0.2) is 11.3 Å². The second kappa shape index (κ2) is 8.72. The lowest BCUT2D eigenvalue weighted by molar-refractivity contribution is -0.142. The number of rotatable bonds is 10. The van der Waals surface area contributed by atoms with E-state index >= 15 is 0 Å². The van der Waals surface area contributed by atoms with E-state index in [-0.39, 0.29) is 24.5 Å². The van der Waals surface area contributed by atoms with E-state index in [4.69, 9.17) is 5.73 Å². The minimum atomic E-state index is -1.50. The van der Waals surface area contributed by atoms with E-state index in [0.29, 0.717) is 6.42 Å². The minimum absolute atomic E-state index is 0.123. The molecule has 1 aliphatic heterocycles. The van der Waals surface area contributed by atoms with Crippen LogP contribution in [0, 0.1) is 0 Å². The maximum absolute atomic E-state index is 12.1. The Labute approximate surface area is 126 Å². The first-order chi connectivity index (χ1) is 10.0. The highest BCUT2D eigenvalue weighted by Gasteiger charge is 2.44. The molecule has 1 saturated heterocycles. The maximum atomic E-state index is 12.1. The number of carbonyl (C=O) groups is 3. The molecule has 0 aliphatic carbocycles. The Balaban J connectivity index is 2.20. The van der Waals surface area contributed by atoms with Gasteiger partial charge in [-0.1, -0.05) is 31.8 Å². The highest BCUT2D eigenvalue weighted by atomic mass is 16.2. The summed E-state index contributed by atoms with van der Waals surface area (Å²) in [5.41, 5.74) is 4.38. The summed E-state index contributed by atoms with van der Waals surface area (Å²) in [4.78, 5) is 34.9. The Morgan fingerprint density at radius 1 is 1.19 bits per heavy atom. The average Bonchev–Trinajstić information content (AvgIpc) is 2.46. The molecule has 0 aromatic heterocycles. The third-order valence-electron chi connectivity index (χ3n) is 3.96. The molecule has 1 fully saturated rings. The third kappa shape index (κ3) is 5.42. The predicted octanol–water partition coefficient (Wildman–Crippen LogP) is 2.00. The smallest absolute Gasteiger partial charge is 0.254 e. The van der Waals surface area contributed by atoms with E-state index in [1.54, 1.807) is 0 Å². The number of ketones is 1. The molecule has 0 saturated carbocycles. The normalized spacial score (nSPS) is 22.0. The number of hydrogen-bond acceptors (Lipinski definition) is 4. The monoisotopic (exact) mass is 294 g/mol. The van der Waals surface area contributed by atoms with E-state index in [1.807, 2.05) is 6.08 Å². The molecular formula is C16H26N2O3. The van der Waals surface area contributed by atoms with Crippen LogP contribution in [0.5, 0.6) is 0 Å². The summed E-state index contributed by atoms with van der Waals surface area (Å²) in [5.74, 6) is -1.25. The number of Topliss-reactive ketones (excluding diaryl/α,β-unsaturated/α-hetero) is 1. The number of unbranched alkanes of at least 4 members (excludes halogenated alkanes) is 6. The van der Waals surface area contributed by atoms with Gasteiger partial charge in [-0.15, -0.1) is 6.58 Å². The molecule has 2 amide bonds. The molecule has 118 valence electrons. The van der Waals surface area contributed by atoms with Crippen LogP contribution in [-0.4, -0.2) is 23.1 Å². The summed E-state index contributed by atoms with van der Waals surface area (Å²) in [7, 11) is 0. The summed E-state index contributed by atoms with van der Waals surface area (Å²) in [5, 5.41) is 2.15. The van der Waals surface area contributed by atoms with E-state index in [1.165, 1.54) is 12.8 Å². The van der Waals surface area contributed by atoms with Crippen molar-refractivity contribution in [2.24, 2.45) is 5.73 Å². The summed E-state index contributed by atoms with van der Waals surface area (Å²) in [6.07, 6.45) is 9.88. The first kappa shape index (κ1) is 17.6. The third-order valence-corrected chi connectivity index (χ3v) is 3.96. The molecule has 0 aromatic carbocycles. The molecule has 0 spiro atoms. The number of piperidine rings is 1. The lowest BCUT2D eigenvalue weighted by Crippen LogP contribution is -2.63. The second-order valence-corrected chi connectivity index (χ2v) is 5.72. The van der Waals surface area contributed by atoms with E-state index < -0.39 is 11.4 Å². The Bertz CT molecular complexity index is 406. The Kier molecular flexibility index (Phi) is 7.29. The molecule has 1 unspecified atom stereocenters. The fourth-order valence-electron chi connectivity index (χ4n) is 2.50. The average molecular weight is 294 g/mol. The molecule has 0 aromatic rings. The molecule has 1 rings (SSSR count). The SMILES string of the molecule is C=CCCCCCCCCC(=O)C1(N)CCC(=O)NC1=O. The van der Waals surface area contributed by atoms with Crippen LogP contribution in [0.4, 0.5) is 0 Å². The number of carbonyl (C=O) groups excluding carboxylic acids is 3. The molecule has 1 atom stereocenters. The Hall–Kier alpha value is -1.49. The maximum Gasteiger partial charge on any atom is 0.254 e. The fraction of sp³-hybridized carbons (Fsp3) is 0.688. The topological polar surface area (TPSA) is 89.3 Å². The quantitative estimate of drug-likeness (QED) is 0.279. The number of nitrogens with one attached hydrogen (secondary N) is 1. The van der Waals surface area contributed by atoms with Crippen LogP contribution < -0.4 is 11.1 Å². The molecule has 5 heteroatoms. The molecule has 1 aliphatic rings. The van der Waals surface area contributed by atoms with E-state index in [2.05, 4.69) is 11.9 Å². The predicted molar refractivity (Wildman–Crippen MR) is 81.4 cm³/mol. The van der Waals surface area contributed by atoms with Crippen molar-refractivity contribution >= 4 is 17.6 Å². The van der Waals surface area contributed by atoms with Crippen molar-refractivity contribution in [3.05, 3.63) is 12.7 Å². The second-order valence-electron chi connectivity index (χ2n) is 5.72. The van der Waals surface area contributed by atoms with E-state index in [0.717, 1.165) is 32.1 Å². The number of hydrogen-bond donors (Lipinski definition) is 2. The summed E-state index contributed by atoms with van der Waals surface area (Å²) in [6.45, 7) is 3.69. The van der Waals surface area contributed by atoms with Gasteiger partial charge in [0.05, 0.1) is 0 Å². The van der Waals surface area contributed by atoms with Crippen molar-refractivity contribution in [2.75, 3.05) is 0 Å². The van der Waals surface area contributed by atoms with Gasteiger partial charge in [0.25, 0.3) is 5.91 Å². The zero-order valence-electron chi connectivity index (χ0n) is 12.7. The van der Waals surface area contributed by atoms with Gasteiger partial charge in [-0.3, -0.25) is 19.7 Å². The summed E-state index contributed by atoms with van der Waals surface area (Å²) < 4.78 is 0. The summed E-state index contributed by atoms with van der Waals surface area (Å²) in [6, 6.07) is 0. The summed E-state index contributed by atoms with van der Waals surface area (Å²) >= 11 is 0. The van der Waals surface area contributed by atoms with Crippen LogP contribution in [0.15, 0.2) is 12.7 Å². The fourth-order valence-corrected chi connectivity index (χ4v) is 2.50. The standard InChI is InChI=1S/C16H26N2O3/c1-2-3-4-5-6-7-8-9-10-13(19)16(17)12-11-14(20)18-15(16)21/h2H,1,3-12,17H2,(H,18,20,21). The molecule has 21 heavy (non-hydrogen) atoms. The molecule has 3 N–H and O–H groups in total. The van der Waals surface area contributed by atoms with Crippen LogP contribution in [-0.2, 0) is 14.4 Å². The lowest BCUT2D eigenvalue weighted by Gasteiger charge is -2.29. The van der Waals surface area contributed by atoms with Crippen molar-refractivity contribution in [2.45, 2.75) is 69.7 Å². The largest absolute Gasteiger partial charge is 0.311 e. The van der Waals surface area contributed by atoms with Crippen molar-refractivity contribution in [1.29, 1.82) is 0 Å². The first-order valence-corrected chi connectivity index (χ1v) is 7.78. The number of imide groups is 1. The van der Waals surface area contributed by atoms with Gasteiger partial charge in [0.2, 0.25) is 5.91 Å². The highest BCUT2D eigenvalue weighted by molar-refractivity contribution is 6.16. The van der Waals surface area contributed by atoms with Crippen molar-refractivity contribution in [1.82, 2.24) is 5.32 Å². The van der Waals surface area contributed by atoms with Crippen LogP contribution in [0.3, 0.4) is 0 Å². The lowest BCUT2D eigenvalue weighted by atomic mass is 9.83. The first-order valence-electron chi connectivity index (χ1n) is 7.78. The molecule has 0 radical (unpaired) electrons. The van der Waals surface area contributed by atoms with Crippen LogP contribution in [0.25, 0.3) is 0 Å². The van der Waals surface area contributed by atoms with Gasteiger partial charge < -0.3 is 5.73 Å². The molecule has 5 nitrogen and oxygen atoms in total. The molecule has 1 heterocycles. The van der Waals surface area contributed by atoms with Crippen molar-refractivity contribution in [3.8, 4) is 0 Å². The van der Waals surface area contributed by atoms with E-state index in [9.17, 15) is 14.4 Å². The number of nitrogens with two attached hydrogens (primary N) is 1. The zero-order chi connectivity index (χ0) is 15.7. The zero-order valence-corrected chi connectivity index (χ0v) is 12.7. The van der Waals surface area contributed by atoms with Gasteiger partial charge in [-0.05, 0) is 25.7 Å². The van der Waals surface area contributed by atoms with Crippen molar-refractivity contribution in [3.63, 3.8) is 0 Å². The van der Waals surface area contributed by atoms with Crippen LogP contribution in [0.1, 0.15) is 64.2 Å². The van der Waals surface area contributed by atoms with Crippen LogP contribution in [0.2, 0.25) is 0 Å².